The van der Waals surface area contributed by atoms with Gasteiger partial charge in [-0.25, -0.2) is 9.18 Å². The molecule has 0 fully saturated rings. The quantitative estimate of drug-likeness (QED) is 0.638. The Labute approximate surface area is 134 Å². The maximum absolute atomic E-state index is 12.9. The minimum atomic E-state index is -0.882. The van der Waals surface area contributed by atoms with Crippen molar-refractivity contribution in [3.05, 3.63) is 70.5 Å². The number of ketones is 1. The minimum Gasteiger partial charge on any atom is -0.451 e. The van der Waals surface area contributed by atoms with Crippen molar-refractivity contribution in [2.24, 2.45) is 0 Å². The van der Waals surface area contributed by atoms with Crippen LogP contribution in [0.1, 0.15) is 45.2 Å². The first-order chi connectivity index (χ1) is 11.0. The lowest BCUT2D eigenvalue weighted by atomic mass is 10.0. The van der Waals surface area contributed by atoms with Gasteiger partial charge in [0, 0.05) is 5.56 Å². The van der Waals surface area contributed by atoms with E-state index in [1.165, 1.54) is 35.4 Å². The molecule has 0 saturated heterocycles. The Morgan fingerprint density at radius 3 is 2.39 bits per heavy atom. The second kappa shape index (κ2) is 6.32. The third kappa shape index (κ3) is 3.31. The first-order valence-electron chi connectivity index (χ1n) is 7.67. The molecule has 0 heterocycles. The topological polar surface area (TPSA) is 43.4 Å². The van der Waals surface area contributed by atoms with Crippen LogP contribution in [0, 0.1) is 5.82 Å². The van der Waals surface area contributed by atoms with Crippen LogP contribution in [-0.4, -0.2) is 17.9 Å². The summed E-state index contributed by atoms with van der Waals surface area (Å²) in [6, 6.07) is 10.7. The van der Waals surface area contributed by atoms with Gasteiger partial charge in [0.25, 0.3) is 0 Å². The van der Waals surface area contributed by atoms with Crippen LogP contribution in [0.4, 0.5) is 4.39 Å². The van der Waals surface area contributed by atoms with Crippen molar-refractivity contribution < 1.29 is 18.7 Å². The number of ether oxygens (including phenoxy) is 1. The summed E-state index contributed by atoms with van der Waals surface area (Å²) in [7, 11) is 0. The fourth-order valence-corrected chi connectivity index (χ4v) is 2.83. The fraction of sp³-hybridized carbons (Fsp3) is 0.263. The number of hydrogen-bond donors (Lipinski definition) is 0. The van der Waals surface area contributed by atoms with Gasteiger partial charge in [0.05, 0.1) is 5.56 Å². The number of carbonyl (C=O) groups excluding carboxylic acids is 2. The van der Waals surface area contributed by atoms with Crippen LogP contribution in [0.25, 0.3) is 0 Å². The summed E-state index contributed by atoms with van der Waals surface area (Å²) < 4.78 is 18.1. The molecule has 1 aliphatic rings. The lowest BCUT2D eigenvalue weighted by molar-refractivity contribution is 0.0318. The molecule has 0 amide bonds. The predicted octanol–water partition coefficient (Wildman–Crippen LogP) is 3.74. The first kappa shape index (κ1) is 15.4. The zero-order valence-electron chi connectivity index (χ0n) is 12.8. The minimum absolute atomic E-state index is 0.222. The van der Waals surface area contributed by atoms with Crippen molar-refractivity contribution in [3.8, 4) is 0 Å². The summed E-state index contributed by atoms with van der Waals surface area (Å²) in [6.45, 7) is 1.55. The summed E-state index contributed by atoms with van der Waals surface area (Å²) >= 11 is 0. The largest absolute Gasteiger partial charge is 0.451 e. The Kier molecular flexibility index (Phi) is 4.24. The zero-order chi connectivity index (χ0) is 16.4. The van der Waals surface area contributed by atoms with E-state index in [2.05, 4.69) is 0 Å². The number of carbonyl (C=O) groups is 2. The molecule has 1 atom stereocenters. The Balaban J connectivity index is 1.70. The molecule has 3 rings (SSSR count). The number of Topliss-reactive ketones (excluding diaryl/α,β-unsaturated/α-hetero) is 1. The molecule has 2 aromatic rings. The standard InChI is InChI=1S/C19H17FO3/c1-12(23-19(22)14-7-9-17(20)10-8-14)18(21)16-6-5-13-3-2-4-15(13)11-16/h5-12H,2-4H2,1H3/t12-/m1/s1. The molecular formula is C19H17FO3. The van der Waals surface area contributed by atoms with Gasteiger partial charge >= 0.3 is 5.97 Å². The van der Waals surface area contributed by atoms with E-state index in [0.29, 0.717) is 5.56 Å². The third-order valence-electron chi connectivity index (χ3n) is 4.12. The van der Waals surface area contributed by atoms with Gasteiger partial charge in [-0.15, -0.1) is 0 Å². The number of rotatable bonds is 4. The molecule has 0 radical (unpaired) electrons. The number of halogens is 1. The molecule has 0 saturated carbocycles. The predicted molar refractivity (Wildman–Crippen MR) is 84.1 cm³/mol. The molecule has 1 aliphatic carbocycles. The molecule has 0 spiro atoms. The van der Waals surface area contributed by atoms with Gasteiger partial charge in [0.15, 0.2) is 6.10 Å². The first-order valence-corrected chi connectivity index (χ1v) is 7.67. The van der Waals surface area contributed by atoms with E-state index in [-0.39, 0.29) is 11.3 Å². The smallest absolute Gasteiger partial charge is 0.338 e. The molecule has 3 nitrogen and oxygen atoms in total. The van der Waals surface area contributed by atoms with Crippen molar-refractivity contribution in [3.63, 3.8) is 0 Å². The molecule has 0 unspecified atom stereocenters. The molecule has 0 N–H and O–H groups in total. The average Bonchev–Trinajstić information content (AvgIpc) is 3.02. The lowest BCUT2D eigenvalue weighted by Gasteiger charge is -2.13. The van der Waals surface area contributed by atoms with E-state index in [0.717, 1.165) is 19.3 Å². The molecule has 23 heavy (non-hydrogen) atoms. The molecule has 4 heteroatoms. The van der Waals surface area contributed by atoms with Crippen molar-refractivity contribution in [2.45, 2.75) is 32.3 Å². The van der Waals surface area contributed by atoms with Gasteiger partial charge in [-0.1, -0.05) is 12.1 Å². The molecule has 0 aromatic heterocycles. The summed E-state index contributed by atoms with van der Waals surface area (Å²) in [5.41, 5.74) is 3.27. The normalized spacial score (nSPS) is 14.2. The molecule has 0 aliphatic heterocycles. The van der Waals surface area contributed by atoms with Crippen LogP contribution in [0.15, 0.2) is 42.5 Å². The van der Waals surface area contributed by atoms with Crippen LogP contribution >= 0.6 is 0 Å². The molecule has 118 valence electrons. The van der Waals surface area contributed by atoms with Crippen LogP contribution < -0.4 is 0 Å². The summed E-state index contributed by atoms with van der Waals surface area (Å²) in [6.07, 6.45) is 2.27. The van der Waals surface area contributed by atoms with Crippen molar-refractivity contribution in [2.75, 3.05) is 0 Å². The summed E-state index contributed by atoms with van der Waals surface area (Å²) in [5, 5.41) is 0. The number of aryl methyl sites for hydroxylation is 2. The number of fused-ring (bicyclic) bond motifs is 1. The number of esters is 1. The highest BCUT2D eigenvalue weighted by molar-refractivity contribution is 6.01. The van der Waals surface area contributed by atoms with E-state index >= 15 is 0 Å². The van der Waals surface area contributed by atoms with Crippen molar-refractivity contribution >= 4 is 11.8 Å². The van der Waals surface area contributed by atoms with E-state index in [9.17, 15) is 14.0 Å². The Morgan fingerprint density at radius 1 is 1.00 bits per heavy atom. The van der Waals surface area contributed by atoms with E-state index in [4.69, 9.17) is 4.74 Å². The van der Waals surface area contributed by atoms with Crippen LogP contribution in [0.2, 0.25) is 0 Å². The van der Waals surface area contributed by atoms with Gasteiger partial charge in [-0.05, 0) is 67.6 Å². The van der Waals surface area contributed by atoms with Crippen molar-refractivity contribution in [1.82, 2.24) is 0 Å². The Morgan fingerprint density at radius 2 is 1.65 bits per heavy atom. The molecule has 2 aromatic carbocycles. The second-order valence-electron chi connectivity index (χ2n) is 5.76. The van der Waals surface area contributed by atoms with Gasteiger partial charge in [-0.2, -0.15) is 0 Å². The Hall–Kier alpha value is -2.49. The highest BCUT2D eigenvalue weighted by atomic mass is 19.1. The SMILES string of the molecule is C[C@@H](OC(=O)c1ccc(F)cc1)C(=O)c1ccc2c(c1)CCC2. The highest BCUT2D eigenvalue weighted by Gasteiger charge is 2.22. The average molecular weight is 312 g/mol. The van der Waals surface area contributed by atoms with Crippen LogP contribution in [-0.2, 0) is 17.6 Å². The van der Waals surface area contributed by atoms with Gasteiger partial charge in [-0.3, -0.25) is 4.79 Å². The summed E-state index contributed by atoms with van der Waals surface area (Å²) in [5.74, 6) is -1.29. The molecular weight excluding hydrogens is 295 g/mol. The number of hydrogen-bond acceptors (Lipinski definition) is 3. The Bertz CT molecular complexity index is 750. The number of benzene rings is 2. The van der Waals surface area contributed by atoms with E-state index < -0.39 is 17.9 Å². The van der Waals surface area contributed by atoms with Gasteiger partial charge < -0.3 is 4.74 Å². The summed E-state index contributed by atoms with van der Waals surface area (Å²) in [4.78, 5) is 24.4. The zero-order valence-corrected chi connectivity index (χ0v) is 12.8. The van der Waals surface area contributed by atoms with Crippen molar-refractivity contribution in [1.29, 1.82) is 0 Å². The van der Waals surface area contributed by atoms with Crippen LogP contribution in [0.5, 0.6) is 0 Å². The molecule has 0 bridgehead atoms. The second-order valence-corrected chi connectivity index (χ2v) is 5.76. The van der Waals surface area contributed by atoms with E-state index in [1.807, 2.05) is 12.1 Å². The third-order valence-corrected chi connectivity index (χ3v) is 4.12. The van der Waals surface area contributed by atoms with Gasteiger partial charge in [0.2, 0.25) is 5.78 Å². The maximum atomic E-state index is 12.9. The lowest BCUT2D eigenvalue weighted by Crippen LogP contribution is -2.24. The maximum Gasteiger partial charge on any atom is 0.338 e. The fourth-order valence-electron chi connectivity index (χ4n) is 2.83. The van der Waals surface area contributed by atoms with E-state index in [1.54, 1.807) is 13.0 Å². The van der Waals surface area contributed by atoms with Gasteiger partial charge in [0.1, 0.15) is 5.82 Å². The highest BCUT2D eigenvalue weighted by Crippen LogP contribution is 2.23. The monoisotopic (exact) mass is 312 g/mol. The van der Waals surface area contributed by atoms with Crippen LogP contribution in [0.3, 0.4) is 0 Å².